The standard InChI is InChI=1S/C23H24ClF4N5O2/c24-16-1-2-17-15(9-16)10-32(22(12-35-13-22)23(26,27)28)11-18-29-30-19(33(17)18)14-3-7-31(8-4-14)20(34)21(25)5-6-21/h1-2,9,14H,3-8,10-13H2. The summed E-state index contributed by atoms with van der Waals surface area (Å²) >= 11 is 6.23. The molecule has 0 N–H and O–H groups in total. The molecule has 12 heteroatoms. The van der Waals surface area contributed by atoms with Crippen molar-refractivity contribution in [2.24, 2.45) is 0 Å². The number of rotatable bonds is 3. The number of fused-ring (bicyclic) bond motifs is 3. The van der Waals surface area contributed by atoms with Crippen LogP contribution in [-0.2, 0) is 22.6 Å². The van der Waals surface area contributed by atoms with Crippen molar-refractivity contribution in [2.45, 2.75) is 62.1 Å². The summed E-state index contributed by atoms with van der Waals surface area (Å²) in [6, 6.07) is 5.17. The number of carbonyl (C=O) groups excluding carboxylic acids is 1. The molecule has 6 rings (SSSR count). The summed E-state index contributed by atoms with van der Waals surface area (Å²) in [5.41, 5.74) is -2.44. The molecule has 2 saturated heterocycles. The van der Waals surface area contributed by atoms with Crippen LogP contribution in [0.5, 0.6) is 0 Å². The van der Waals surface area contributed by atoms with Crippen LogP contribution >= 0.6 is 11.6 Å². The van der Waals surface area contributed by atoms with Gasteiger partial charge in [-0.2, -0.15) is 13.2 Å². The number of aromatic nitrogens is 3. The van der Waals surface area contributed by atoms with Crippen molar-refractivity contribution >= 4 is 17.5 Å². The molecular weight excluding hydrogens is 490 g/mol. The smallest absolute Gasteiger partial charge is 0.377 e. The molecule has 4 aliphatic rings. The second-order valence-corrected chi connectivity index (χ2v) is 10.4. The van der Waals surface area contributed by atoms with Crippen molar-refractivity contribution in [3.63, 3.8) is 0 Å². The summed E-state index contributed by atoms with van der Waals surface area (Å²) in [6.07, 6.45) is -2.76. The van der Waals surface area contributed by atoms with Gasteiger partial charge in [0, 0.05) is 30.6 Å². The highest BCUT2D eigenvalue weighted by atomic mass is 35.5. The van der Waals surface area contributed by atoms with E-state index in [1.165, 1.54) is 4.90 Å². The Morgan fingerprint density at radius 3 is 2.43 bits per heavy atom. The lowest BCUT2D eigenvalue weighted by atomic mass is 9.93. The Hall–Kier alpha value is -2.24. The van der Waals surface area contributed by atoms with Gasteiger partial charge in [-0.05, 0) is 49.4 Å². The van der Waals surface area contributed by atoms with Gasteiger partial charge in [-0.25, -0.2) is 4.39 Å². The summed E-state index contributed by atoms with van der Waals surface area (Å²) in [4.78, 5) is 15.3. The number of ether oxygens (including phenoxy) is 1. The topological polar surface area (TPSA) is 63.5 Å². The zero-order valence-corrected chi connectivity index (χ0v) is 19.6. The van der Waals surface area contributed by atoms with E-state index >= 15 is 0 Å². The van der Waals surface area contributed by atoms with Crippen LogP contribution in [0.3, 0.4) is 0 Å². The second kappa shape index (κ2) is 7.88. The van der Waals surface area contributed by atoms with Gasteiger partial charge >= 0.3 is 6.18 Å². The molecule has 3 fully saturated rings. The number of nitrogens with zero attached hydrogens (tertiary/aromatic N) is 5. The van der Waals surface area contributed by atoms with E-state index in [0.29, 0.717) is 53.9 Å². The molecule has 1 saturated carbocycles. The maximum absolute atomic E-state index is 14.2. The van der Waals surface area contributed by atoms with Crippen molar-refractivity contribution < 1.29 is 27.1 Å². The minimum absolute atomic E-state index is 0.0348. The number of piperidine rings is 1. The zero-order valence-electron chi connectivity index (χ0n) is 18.8. The molecular formula is C23H24ClF4N5O2. The molecule has 0 radical (unpaired) electrons. The maximum atomic E-state index is 14.2. The van der Waals surface area contributed by atoms with Crippen LogP contribution in [0.15, 0.2) is 18.2 Å². The Morgan fingerprint density at radius 1 is 1.11 bits per heavy atom. The molecule has 2 aromatic rings. The van der Waals surface area contributed by atoms with Gasteiger partial charge in [-0.1, -0.05) is 11.6 Å². The van der Waals surface area contributed by atoms with E-state index in [2.05, 4.69) is 10.2 Å². The molecule has 1 aromatic heterocycles. The molecule has 3 aliphatic heterocycles. The van der Waals surface area contributed by atoms with Gasteiger partial charge < -0.3 is 9.64 Å². The Labute approximate surface area is 204 Å². The Morgan fingerprint density at radius 2 is 1.83 bits per heavy atom. The number of likely N-dealkylation sites (tertiary alicyclic amines) is 1. The third-order valence-corrected chi connectivity index (χ3v) is 8.00. The van der Waals surface area contributed by atoms with Crippen LogP contribution in [0.2, 0.25) is 5.02 Å². The predicted molar refractivity (Wildman–Crippen MR) is 117 cm³/mol. The van der Waals surface area contributed by atoms with E-state index in [4.69, 9.17) is 16.3 Å². The number of alkyl halides is 4. The lowest BCUT2D eigenvalue weighted by Crippen LogP contribution is -2.69. The van der Waals surface area contributed by atoms with Crippen LogP contribution in [-0.4, -0.2) is 74.2 Å². The summed E-state index contributed by atoms with van der Waals surface area (Å²) in [5, 5.41) is 9.14. The molecule has 4 heterocycles. The highest BCUT2D eigenvalue weighted by Crippen LogP contribution is 2.45. The Balaban J connectivity index is 1.33. The fourth-order valence-electron chi connectivity index (χ4n) is 5.36. The van der Waals surface area contributed by atoms with Crippen molar-refractivity contribution in [1.29, 1.82) is 0 Å². The monoisotopic (exact) mass is 513 g/mol. The lowest BCUT2D eigenvalue weighted by molar-refractivity contribution is -0.310. The minimum atomic E-state index is -4.48. The van der Waals surface area contributed by atoms with E-state index in [9.17, 15) is 22.4 Å². The van der Waals surface area contributed by atoms with Gasteiger partial charge in [0.25, 0.3) is 5.91 Å². The molecule has 188 valence electrons. The molecule has 0 atom stereocenters. The van der Waals surface area contributed by atoms with E-state index in [1.807, 2.05) is 4.57 Å². The summed E-state index contributed by atoms with van der Waals surface area (Å²) in [5.74, 6) is 0.557. The average Bonchev–Trinajstić information content (AvgIpc) is 3.43. The van der Waals surface area contributed by atoms with Gasteiger partial charge in [0.15, 0.2) is 17.0 Å². The second-order valence-electron chi connectivity index (χ2n) is 9.99. The lowest BCUT2D eigenvalue weighted by Gasteiger charge is -2.49. The van der Waals surface area contributed by atoms with E-state index in [1.54, 1.807) is 23.1 Å². The first kappa shape index (κ1) is 23.2. The van der Waals surface area contributed by atoms with Crippen LogP contribution < -0.4 is 0 Å². The molecule has 1 aliphatic carbocycles. The average molecular weight is 514 g/mol. The summed E-state index contributed by atoms with van der Waals surface area (Å²) in [7, 11) is 0. The molecule has 0 unspecified atom stereocenters. The number of amides is 1. The van der Waals surface area contributed by atoms with Crippen molar-refractivity contribution in [3.8, 4) is 5.69 Å². The quantitative estimate of drug-likeness (QED) is 0.585. The maximum Gasteiger partial charge on any atom is 0.411 e. The highest BCUT2D eigenvalue weighted by Gasteiger charge is 2.64. The number of halogens is 5. The molecule has 0 spiro atoms. The number of hydrogen-bond donors (Lipinski definition) is 0. The molecule has 1 aromatic carbocycles. The Bertz CT molecular complexity index is 1170. The normalized spacial score (nSPS) is 23.7. The first-order valence-electron chi connectivity index (χ1n) is 11.7. The van der Waals surface area contributed by atoms with E-state index in [0.717, 1.165) is 0 Å². The zero-order chi connectivity index (χ0) is 24.6. The number of benzene rings is 1. The SMILES string of the molecule is O=C(N1CCC(c2nnc3n2-c2ccc(Cl)cc2CN(C2(C(F)(F)F)COC2)C3)CC1)C1(F)CC1. The Kier molecular flexibility index (Phi) is 5.22. The van der Waals surface area contributed by atoms with Gasteiger partial charge in [-0.15, -0.1) is 10.2 Å². The number of carbonyl (C=O) groups is 1. The van der Waals surface area contributed by atoms with E-state index < -0.39 is 36.5 Å². The first-order valence-corrected chi connectivity index (χ1v) is 12.1. The van der Waals surface area contributed by atoms with Crippen molar-refractivity contribution in [1.82, 2.24) is 24.6 Å². The largest absolute Gasteiger partial charge is 0.411 e. The third-order valence-electron chi connectivity index (χ3n) is 7.77. The molecule has 1 amide bonds. The van der Waals surface area contributed by atoms with Crippen LogP contribution in [0.4, 0.5) is 17.6 Å². The first-order chi connectivity index (χ1) is 16.6. The fraction of sp³-hybridized carbons (Fsp3) is 0.609. The molecule has 7 nitrogen and oxygen atoms in total. The summed E-state index contributed by atoms with van der Waals surface area (Å²) in [6.45, 7) is -0.0696. The van der Waals surface area contributed by atoms with Crippen LogP contribution in [0.25, 0.3) is 5.69 Å². The van der Waals surface area contributed by atoms with Crippen molar-refractivity contribution in [3.05, 3.63) is 40.4 Å². The van der Waals surface area contributed by atoms with Crippen LogP contribution in [0, 0.1) is 0 Å². The van der Waals surface area contributed by atoms with Gasteiger partial charge in [-0.3, -0.25) is 14.3 Å². The van der Waals surface area contributed by atoms with Gasteiger partial charge in [0.2, 0.25) is 0 Å². The predicted octanol–water partition coefficient (Wildman–Crippen LogP) is 3.78. The minimum Gasteiger partial charge on any atom is -0.377 e. The highest BCUT2D eigenvalue weighted by molar-refractivity contribution is 6.30. The van der Waals surface area contributed by atoms with Crippen LogP contribution in [0.1, 0.15) is 48.8 Å². The third kappa shape index (κ3) is 3.65. The van der Waals surface area contributed by atoms with Gasteiger partial charge in [0.1, 0.15) is 5.82 Å². The van der Waals surface area contributed by atoms with Crippen molar-refractivity contribution in [2.75, 3.05) is 26.3 Å². The van der Waals surface area contributed by atoms with Gasteiger partial charge in [0.05, 0.1) is 25.4 Å². The van der Waals surface area contributed by atoms with E-state index in [-0.39, 0.29) is 31.8 Å². The fourth-order valence-corrected chi connectivity index (χ4v) is 5.56. The summed E-state index contributed by atoms with van der Waals surface area (Å²) < 4.78 is 63.5. The number of hydrogen-bond acceptors (Lipinski definition) is 5. The molecule has 0 bridgehead atoms. The molecule has 35 heavy (non-hydrogen) atoms.